The van der Waals surface area contributed by atoms with Crippen LogP contribution in [0.25, 0.3) is 17.0 Å². The largest absolute Gasteiger partial charge is 0.497 e. The van der Waals surface area contributed by atoms with E-state index in [0.29, 0.717) is 11.3 Å². The Balaban J connectivity index is 1.45. The van der Waals surface area contributed by atoms with Gasteiger partial charge in [-0.3, -0.25) is 4.79 Å². The number of hydrogen-bond acceptors (Lipinski definition) is 6. The SMILES string of the molecule is COc1ccc2c(c1)c(/C=C1/Oc3cc(OC(=O)c4ccco4)ccc3C1=O)cn2C. The van der Waals surface area contributed by atoms with E-state index < -0.39 is 5.97 Å². The van der Waals surface area contributed by atoms with Gasteiger partial charge in [0.25, 0.3) is 0 Å². The first kappa shape index (κ1) is 18.7. The number of carbonyl (C=O) groups excluding carboxylic acids is 2. The first-order valence-corrected chi connectivity index (χ1v) is 9.50. The Kier molecular flexibility index (Phi) is 4.36. The lowest BCUT2D eigenvalue weighted by molar-refractivity contribution is 0.0701. The fraction of sp³-hybridized carbons (Fsp3) is 0.0833. The number of esters is 1. The second kappa shape index (κ2) is 7.21. The summed E-state index contributed by atoms with van der Waals surface area (Å²) >= 11 is 0. The molecule has 4 aromatic rings. The average Bonchev–Trinajstić information content (AvgIpc) is 3.48. The van der Waals surface area contributed by atoms with Crippen LogP contribution in [0.15, 0.2) is 71.2 Å². The molecule has 0 unspecified atom stereocenters. The van der Waals surface area contributed by atoms with Crippen molar-refractivity contribution < 1.29 is 28.2 Å². The van der Waals surface area contributed by atoms with Gasteiger partial charge in [0, 0.05) is 35.8 Å². The lowest BCUT2D eigenvalue weighted by atomic mass is 10.1. The smallest absolute Gasteiger partial charge is 0.379 e. The van der Waals surface area contributed by atoms with Crippen LogP contribution in [0.3, 0.4) is 0 Å². The van der Waals surface area contributed by atoms with E-state index in [4.69, 9.17) is 18.6 Å². The second-order valence-corrected chi connectivity index (χ2v) is 7.04. The van der Waals surface area contributed by atoms with Crippen molar-refractivity contribution in [3.05, 3.63) is 83.6 Å². The van der Waals surface area contributed by atoms with Gasteiger partial charge in [-0.05, 0) is 48.5 Å². The number of fused-ring (bicyclic) bond motifs is 2. The molecule has 2 aromatic carbocycles. The minimum atomic E-state index is -0.630. The molecule has 154 valence electrons. The zero-order valence-electron chi connectivity index (χ0n) is 16.7. The van der Waals surface area contributed by atoms with Crippen molar-refractivity contribution in [2.45, 2.75) is 0 Å². The summed E-state index contributed by atoms with van der Waals surface area (Å²) in [5.41, 5.74) is 2.24. The van der Waals surface area contributed by atoms with Gasteiger partial charge in [-0.15, -0.1) is 0 Å². The molecule has 7 nitrogen and oxygen atoms in total. The van der Waals surface area contributed by atoms with Crippen molar-refractivity contribution in [3.63, 3.8) is 0 Å². The van der Waals surface area contributed by atoms with Crippen LogP contribution in [-0.4, -0.2) is 23.4 Å². The molecule has 2 aromatic heterocycles. The minimum absolute atomic E-state index is 0.0875. The monoisotopic (exact) mass is 415 g/mol. The number of aryl methyl sites for hydroxylation is 1. The summed E-state index contributed by atoms with van der Waals surface area (Å²) in [5.74, 6) is 0.726. The molecular formula is C24H17NO6. The number of benzene rings is 2. The summed E-state index contributed by atoms with van der Waals surface area (Å²) in [6.45, 7) is 0. The van der Waals surface area contributed by atoms with Gasteiger partial charge in [0.05, 0.1) is 18.9 Å². The van der Waals surface area contributed by atoms with Crippen LogP contribution in [0, 0.1) is 0 Å². The topological polar surface area (TPSA) is 79.9 Å². The van der Waals surface area contributed by atoms with E-state index in [1.807, 2.05) is 36.0 Å². The zero-order valence-corrected chi connectivity index (χ0v) is 16.7. The lowest BCUT2D eigenvalue weighted by Gasteiger charge is -2.04. The third-order valence-corrected chi connectivity index (χ3v) is 5.09. The molecule has 1 aliphatic rings. The highest BCUT2D eigenvalue weighted by atomic mass is 16.5. The van der Waals surface area contributed by atoms with E-state index in [0.717, 1.165) is 22.2 Å². The summed E-state index contributed by atoms with van der Waals surface area (Å²) in [4.78, 5) is 24.9. The number of Topliss-reactive ketones (excluding diaryl/α,β-unsaturated/α-hetero) is 1. The first-order chi connectivity index (χ1) is 15.0. The zero-order chi connectivity index (χ0) is 21.5. The van der Waals surface area contributed by atoms with Gasteiger partial charge in [-0.25, -0.2) is 4.79 Å². The molecule has 0 atom stereocenters. The Morgan fingerprint density at radius 1 is 1.10 bits per heavy atom. The molecular weight excluding hydrogens is 398 g/mol. The number of rotatable bonds is 4. The van der Waals surface area contributed by atoms with Crippen molar-refractivity contribution in [2.75, 3.05) is 7.11 Å². The third-order valence-electron chi connectivity index (χ3n) is 5.09. The molecule has 0 N–H and O–H groups in total. The van der Waals surface area contributed by atoms with Gasteiger partial charge >= 0.3 is 5.97 Å². The van der Waals surface area contributed by atoms with Gasteiger partial charge in [-0.2, -0.15) is 0 Å². The Hall–Kier alpha value is -4.26. The van der Waals surface area contributed by atoms with Crippen molar-refractivity contribution in [1.82, 2.24) is 4.57 Å². The van der Waals surface area contributed by atoms with Crippen molar-refractivity contribution >= 4 is 28.7 Å². The van der Waals surface area contributed by atoms with E-state index in [-0.39, 0.29) is 23.1 Å². The van der Waals surface area contributed by atoms with Crippen LogP contribution in [0.1, 0.15) is 26.5 Å². The molecule has 0 bridgehead atoms. The van der Waals surface area contributed by atoms with Crippen LogP contribution in [0.2, 0.25) is 0 Å². The summed E-state index contributed by atoms with van der Waals surface area (Å²) in [6.07, 6.45) is 5.02. The third kappa shape index (κ3) is 3.26. The molecule has 0 aliphatic carbocycles. The van der Waals surface area contributed by atoms with Crippen molar-refractivity contribution in [3.8, 4) is 17.2 Å². The van der Waals surface area contributed by atoms with E-state index in [1.54, 1.807) is 31.4 Å². The van der Waals surface area contributed by atoms with Gasteiger partial charge in [-0.1, -0.05) is 0 Å². The van der Waals surface area contributed by atoms with Crippen LogP contribution in [0.5, 0.6) is 17.2 Å². The van der Waals surface area contributed by atoms with E-state index in [2.05, 4.69) is 0 Å². The Morgan fingerprint density at radius 2 is 1.94 bits per heavy atom. The number of carbonyl (C=O) groups is 2. The number of ketones is 1. The van der Waals surface area contributed by atoms with E-state index in [1.165, 1.54) is 18.4 Å². The number of aromatic nitrogens is 1. The lowest BCUT2D eigenvalue weighted by Crippen LogP contribution is -2.07. The maximum atomic E-state index is 12.8. The number of allylic oxidation sites excluding steroid dienone is 1. The molecule has 0 fully saturated rings. The number of methoxy groups -OCH3 is 1. The van der Waals surface area contributed by atoms with Crippen LogP contribution < -0.4 is 14.2 Å². The molecule has 0 spiro atoms. The molecule has 31 heavy (non-hydrogen) atoms. The summed E-state index contributed by atoms with van der Waals surface area (Å²) in [7, 11) is 3.54. The number of hydrogen-bond donors (Lipinski definition) is 0. The summed E-state index contributed by atoms with van der Waals surface area (Å²) < 4.78 is 23.4. The van der Waals surface area contributed by atoms with E-state index >= 15 is 0 Å². The fourth-order valence-electron chi connectivity index (χ4n) is 3.57. The molecule has 0 saturated carbocycles. The van der Waals surface area contributed by atoms with Crippen LogP contribution in [-0.2, 0) is 7.05 Å². The maximum absolute atomic E-state index is 12.8. The predicted molar refractivity (Wildman–Crippen MR) is 113 cm³/mol. The average molecular weight is 415 g/mol. The fourth-order valence-corrected chi connectivity index (χ4v) is 3.57. The number of furan rings is 1. The Morgan fingerprint density at radius 3 is 2.71 bits per heavy atom. The molecule has 0 amide bonds. The molecule has 0 saturated heterocycles. The second-order valence-electron chi connectivity index (χ2n) is 7.04. The number of nitrogens with zero attached hydrogens (tertiary/aromatic N) is 1. The highest BCUT2D eigenvalue weighted by Crippen LogP contribution is 2.36. The normalized spacial score (nSPS) is 14.0. The Bertz CT molecular complexity index is 1360. The summed E-state index contributed by atoms with van der Waals surface area (Å²) in [6, 6.07) is 13.5. The van der Waals surface area contributed by atoms with Gasteiger partial charge in [0.2, 0.25) is 11.5 Å². The minimum Gasteiger partial charge on any atom is -0.497 e. The highest BCUT2D eigenvalue weighted by Gasteiger charge is 2.28. The number of ether oxygens (including phenoxy) is 3. The van der Waals surface area contributed by atoms with E-state index in [9.17, 15) is 9.59 Å². The molecule has 5 rings (SSSR count). The maximum Gasteiger partial charge on any atom is 0.379 e. The van der Waals surface area contributed by atoms with Crippen molar-refractivity contribution in [2.24, 2.45) is 7.05 Å². The van der Waals surface area contributed by atoms with Gasteiger partial charge in [0.1, 0.15) is 17.2 Å². The molecule has 3 heterocycles. The molecule has 0 radical (unpaired) electrons. The van der Waals surface area contributed by atoms with Crippen LogP contribution >= 0.6 is 0 Å². The van der Waals surface area contributed by atoms with Crippen LogP contribution in [0.4, 0.5) is 0 Å². The molecule has 1 aliphatic heterocycles. The first-order valence-electron chi connectivity index (χ1n) is 9.50. The Labute approximate surface area is 177 Å². The molecule has 7 heteroatoms. The van der Waals surface area contributed by atoms with Gasteiger partial charge < -0.3 is 23.2 Å². The predicted octanol–water partition coefficient (Wildman–Crippen LogP) is 4.62. The summed E-state index contributed by atoms with van der Waals surface area (Å²) in [5, 5.41) is 0.940. The quantitative estimate of drug-likeness (QED) is 0.275. The van der Waals surface area contributed by atoms with Gasteiger partial charge in [0.15, 0.2) is 5.76 Å². The highest BCUT2D eigenvalue weighted by molar-refractivity contribution is 6.15. The standard InChI is InChI=1S/C24H17NO6/c1-25-13-14(18-11-15(28-2)6-8-19(18)25)10-22-23(26)17-7-5-16(12-21(17)31-22)30-24(27)20-4-3-9-29-20/h3-13H,1-2H3/b22-10+. The van der Waals surface area contributed by atoms with Crippen molar-refractivity contribution in [1.29, 1.82) is 0 Å².